The van der Waals surface area contributed by atoms with Crippen LogP contribution in [0.5, 0.6) is 0 Å². The zero-order chi connectivity index (χ0) is 18.7. The number of hydrogen-bond acceptors (Lipinski definition) is 5. The number of piperidine rings is 1. The summed E-state index contributed by atoms with van der Waals surface area (Å²) in [6, 6.07) is 5.31. The summed E-state index contributed by atoms with van der Waals surface area (Å²) in [4.78, 5) is 18.9. The monoisotopic (exact) mass is 396 g/mol. The molecule has 2 heterocycles. The van der Waals surface area contributed by atoms with Gasteiger partial charge >= 0.3 is 0 Å². The molecule has 26 heavy (non-hydrogen) atoms. The topological polar surface area (TPSA) is 71.3 Å². The van der Waals surface area contributed by atoms with E-state index in [1.165, 1.54) is 0 Å². The van der Waals surface area contributed by atoms with Crippen LogP contribution in [0.4, 0.5) is 0 Å². The first-order valence-electron chi connectivity index (χ1n) is 8.73. The van der Waals surface area contributed by atoms with Gasteiger partial charge in [-0.15, -0.1) is 0 Å². The van der Waals surface area contributed by atoms with Gasteiger partial charge in [0.1, 0.15) is 0 Å². The number of amides is 1. The molecule has 0 aliphatic carbocycles. The third-order valence-electron chi connectivity index (χ3n) is 4.31. The maximum absolute atomic E-state index is 12.2. The SMILES string of the molecule is CC(C)NC(=O)C1CCCN(Cc2nc(-c3ccc(Cl)cc3Cl)no2)C1. The third-order valence-corrected chi connectivity index (χ3v) is 4.85. The molecule has 1 unspecified atom stereocenters. The summed E-state index contributed by atoms with van der Waals surface area (Å²) in [5.74, 6) is 1.06. The first-order valence-corrected chi connectivity index (χ1v) is 9.48. The van der Waals surface area contributed by atoms with E-state index in [-0.39, 0.29) is 17.9 Å². The maximum Gasteiger partial charge on any atom is 0.241 e. The van der Waals surface area contributed by atoms with Gasteiger partial charge in [0.05, 0.1) is 17.5 Å². The molecule has 0 saturated carbocycles. The summed E-state index contributed by atoms with van der Waals surface area (Å²) in [5.41, 5.74) is 0.680. The Hall–Kier alpha value is -1.63. The Kier molecular flexibility index (Phi) is 6.16. The minimum Gasteiger partial charge on any atom is -0.354 e. The zero-order valence-electron chi connectivity index (χ0n) is 14.8. The van der Waals surface area contributed by atoms with Crippen molar-refractivity contribution in [1.29, 1.82) is 0 Å². The highest BCUT2D eigenvalue weighted by molar-refractivity contribution is 6.36. The number of nitrogens with one attached hydrogen (secondary N) is 1. The van der Waals surface area contributed by atoms with Crippen LogP contribution in [0, 0.1) is 5.92 Å². The van der Waals surface area contributed by atoms with Gasteiger partial charge in [-0.1, -0.05) is 28.4 Å². The van der Waals surface area contributed by atoms with Crippen molar-refractivity contribution in [2.45, 2.75) is 39.3 Å². The van der Waals surface area contributed by atoms with Gasteiger partial charge in [0.2, 0.25) is 17.6 Å². The van der Waals surface area contributed by atoms with Crippen molar-refractivity contribution in [2.24, 2.45) is 5.92 Å². The molecule has 0 bridgehead atoms. The number of carbonyl (C=O) groups excluding carboxylic acids is 1. The Morgan fingerprint density at radius 3 is 2.96 bits per heavy atom. The van der Waals surface area contributed by atoms with Crippen molar-refractivity contribution in [1.82, 2.24) is 20.4 Å². The van der Waals surface area contributed by atoms with Crippen LogP contribution in [-0.2, 0) is 11.3 Å². The first-order chi connectivity index (χ1) is 12.4. The second-order valence-electron chi connectivity index (χ2n) is 6.87. The van der Waals surface area contributed by atoms with E-state index in [1.54, 1.807) is 18.2 Å². The normalized spacial score (nSPS) is 18.3. The number of benzene rings is 1. The van der Waals surface area contributed by atoms with Crippen LogP contribution in [0.1, 0.15) is 32.6 Å². The van der Waals surface area contributed by atoms with Gasteiger partial charge in [0.15, 0.2) is 0 Å². The Balaban J connectivity index is 1.64. The van der Waals surface area contributed by atoms with Crippen LogP contribution in [-0.4, -0.2) is 40.1 Å². The molecule has 0 radical (unpaired) electrons. The number of hydrogen-bond donors (Lipinski definition) is 1. The fraction of sp³-hybridized carbons (Fsp3) is 0.500. The minimum absolute atomic E-state index is 0.000693. The molecule has 1 aromatic carbocycles. The van der Waals surface area contributed by atoms with Gasteiger partial charge in [-0.2, -0.15) is 4.98 Å². The lowest BCUT2D eigenvalue weighted by Crippen LogP contribution is -2.44. The molecule has 1 amide bonds. The molecule has 140 valence electrons. The average Bonchev–Trinajstić information content (AvgIpc) is 3.02. The molecule has 2 aromatic rings. The lowest BCUT2D eigenvalue weighted by molar-refractivity contribution is -0.127. The van der Waals surface area contributed by atoms with E-state index in [9.17, 15) is 4.79 Å². The van der Waals surface area contributed by atoms with Crippen molar-refractivity contribution in [3.05, 3.63) is 34.1 Å². The predicted octanol–water partition coefficient (Wildman–Crippen LogP) is 3.78. The summed E-state index contributed by atoms with van der Waals surface area (Å²) in [5, 5.41) is 8.04. The van der Waals surface area contributed by atoms with Crippen LogP contribution < -0.4 is 5.32 Å². The Morgan fingerprint density at radius 2 is 2.23 bits per heavy atom. The van der Waals surface area contributed by atoms with Gasteiger partial charge in [-0.05, 0) is 51.4 Å². The van der Waals surface area contributed by atoms with Crippen LogP contribution in [0.15, 0.2) is 22.7 Å². The number of likely N-dealkylation sites (tertiary alicyclic amines) is 1. The molecule has 1 atom stereocenters. The number of aromatic nitrogens is 2. The Morgan fingerprint density at radius 1 is 1.42 bits per heavy atom. The highest BCUT2D eigenvalue weighted by Crippen LogP contribution is 2.28. The largest absolute Gasteiger partial charge is 0.354 e. The molecule has 1 aliphatic heterocycles. The van der Waals surface area contributed by atoms with Crippen LogP contribution in [0.2, 0.25) is 10.0 Å². The number of halogens is 2. The van der Waals surface area contributed by atoms with Crippen molar-refractivity contribution in [3.63, 3.8) is 0 Å². The lowest BCUT2D eigenvalue weighted by atomic mass is 9.97. The molecule has 1 N–H and O–H groups in total. The van der Waals surface area contributed by atoms with Gasteiger partial charge < -0.3 is 9.84 Å². The Labute approximate surface area is 162 Å². The van der Waals surface area contributed by atoms with E-state index in [2.05, 4.69) is 20.4 Å². The number of carbonyl (C=O) groups is 1. The predicted molar refractivity (Wildman–Crippen MR) is 101 cm³/mol. The minimum atomic E-state index is -0.000693. The molecule has 8 heteroatoms. The fourth-order valence-corrected chi connectivity index (χ4v) is 3.60. The average molecular weight is 397 g/mol. The van der Waals surface area contributed by atoms with Gasteiger partial charge in [0.25, 0.3) is 0 Å². The smallest absolute Gasteiger partial charge is 0.241 e. The molecule has 1 fully saturated rings. The van der Waals surface area contributed by atoms with E-state index in [4.69, 9.17) is 27.7 Å². The molecule has 6 nitrogen and oxygen atoms in total. The maximum atomic E-state index is 12.2. The van der Waals surface area contributed by atoms with Crippen LogP contribution in [0.3, 0.4) is 0 Å². The molecule has 0 spiro atoms. The van der Waals surface area contributed by atoms with Crippen LogP contribution in [0.25, 0.3) is 11.4 Å². The summed E-state index contributed by atoms with van der Waals surface area (Å²) >= 11 is 12.1. The van der Waals surface area contributed by atoms with Crippen molar-refractivity contribution in [3.8, 4) is 11.4 Å². The van der Waals surface area contributed by atoms with E-state index >= 15 is 0 Å². The van der Waals surface area contributed by atoms with E-state index in [0.717, 1.165) is 19.4 Å². The summed E-state index contributed by atoms with van der Waals surface area (Å²) in [7, 11) is 0. The number of nitrogens with zero attached hydrogens (tertiary/aromatic N) is 3. The zero-order valence-corrected chi connectivity index (χ0v) is 16.3. The van der Waals surface area contributed by atoms with Crippen molar-refractivity contribution >= 4 is 29.1 Å². The van der Waals surface area contributed by atoms with Gasteiger partial charge in [-0.25, -0.2) is 0 Å². The summed E-state index contributed by atoms with van der Waals surface area (Å²) in [6.45, 7) is 6.06. The van der Waals surface area contributed by atoms with Crippen molar-refractivity contribution in [2.75, 3.05) is 13.1 Å². The van der Waals surface area contributed by atoms with E-state index in [1.807, 2.05) is 13.8 Å². The molecular formula is C18H22Cl2N4O2. The standard InChI is InChI=1S/C18H22Cl2N4O2/c1-11(2)21-18(25)12-4-3-7-24(9-12)10-16-22-17(23-26-16)14-6-5-13(19)8-15(14)20/h5-6,8,11-12H,3-4,7,9-10H2,1-2H3,(H,21,25). The van der Waals surface area contributed by atoms with Gasteiger partial charge in [-0.3, -0.25) is 9.69 Å². The van der Waals surface area contributed by atoms with E-state index < -0.39 is 0 Å². The molecule has 1 saturated heterocycles. The molecule has 1 aromatic heterocycles. The number of rotatable bonds is 5. The summed E-state index contributed by atoms with van der Waals surface area (Å²) in [6.07, 6.45) is 1.88. The molecule has 1 aliphatic rings. The Bertz CT molecular complexity index is 778. The molecular weight excluding hydrogens is 375 g/mol. The summed E-state index contributed by atoms with van der Waals surface area (Å²) < 4.78 is 5.37. The molecule has 3 rings (SSSR count). The quantitative estimate of drug-likeness (QED) is 0.832. The first kappa shape index (κ1) is 19.1. The highest BCUT2D eigenvalue weighted by Gasteiger charge is 2.27. The second-order valence-corrected chi connectivity index (χ2v) is 7.72. The third kappa shape index (κ3) is 4.75. The van der Waals surface area contributed by atoms with E-state index in [0.29, 0.717) is 40.4 Å². The highest BCUT2D eigenvalue weighted by atomic mass is 35.5. The second kappa shape index (κ2) is 8.37. The fourth-order valence-electron chi connectivity index (χ4n) is 3.11. The van der Waals surface area contributed by atoms with Crippen molar-refractivity contribution < 1.29 is 9.32 Å². The van der Waals surface area contributed by atoms with Gasteiger partial charge in [0, 0.05) is 23.2 Å². The van der Waals surface area contributed by atoms with Crippen LogP contribution >= 0.6 is 23.2 Å². The lowest BCUT2D eigenvalue weighted by Gasteiger charge is -2.31.